The Hall–Kier alpha value is -2.89. The lowest BCUT2D eigenvalue weighted by Crippen LogP contribution is -2.02. The Bertz CT molecular complexity index is 795. The van der Waals surface area contributed by atoms with Crippen molar-refractivity contribution in [2.24, 2.45) is 0 Å². The maximum Gasteiger partial charge on any atom is 0.338 e. The fourth-order valence-electron chi connectivity index (χ4n) is 1.93. The van der Waals surface area contributed by atoms with Crippen LogP contribution in [0.5, 0.6) is 0 Å². The van der Waals surface area contributed by atoms with Gasteiger partial charge in [0.1, 0.15) is 0 Å². The highest BCUT2D eigenvalue weighted by atomic mass is 16.5. The summed E-state index contributed by atoms with van der Waals surface area (Å²) in [4.78, 5) is 15.9. The number of hydrogen-bond donors (Lipinski definition) is 1. The molecule has 0 aliphatic heterocycles. The van der Waals surface area contributed by atoms with E-state index >= 15 is 0 Å². The largest absolute Gasteiger partial charge is 0.465 e. The number of fused-ring (bicyclic) bond motifs is 1. The highest BCUT2D eigenvalue weighted by Gasteiger charge is 2.10. The average Bonchev–Trinajstić information content (AvgIpc) is 2.89. The number of carbonyl (C=O) groups is 1. The molecule has 0 fully saturated rings. The van der Waals surface area contributed by atoms with E-state index in [4.69, 9.17) is 5.73 Å². The number of carbonyl (C=O) groups excluding carboxylic acids is 1. The van der Waals surface area contributed by atoms with E-state index in [9.17, 15) is 4.79 Å². The second-order valence-electron chi connectivity index (χ2n) is 4.27. The van der Waals surface area contributed by atoms with Crippen molar-refractivity contribution in [1.29, 1.82) is 0 Å². The van der Waals surface area contributed by atoms with E-state index in [2.05, 4.69) is 14.8 Å². The van der Waals surface area contributed by atoms with Gasteiger partial charge in [0, 0.05) is 17.4 Å². The summed E-state index contributed by atoms with van der Waals surface area (Å²) < 4.78 is 6.28. The summed E-state index contributed by atoms with van der Waals surface area (Å²) in [5, 5.41) is 4.35. The molecule has 100 valence electrons. The zero-order chi connectivity index (χ0) is 14.1. The van der Waals surface area contributed by atoms with Crippen LogP contribution in [-0.4, -0.2) is 27.7 Å². The number of nitrogen functional groups attached to an aromatic ring is 1. The van der Waals surface area contributed by atoms with Gasteiger partial charge in [0.25, 0.3) is 0 Å². The molecular formula is C14H12N4O2. The van der Waals surface area contributed by atoms with Gasteiger partial charge in [0.2, 0.25) is 0 Å². The highest BCUT2D eigenvalue weighted by molar-refractivity contribution is 5.90. The van der Waals surface area contributed by atoms with E-state index in [1.54, 1.807) is 35.0 Å². The fourth-order valence-corrected chi connectivity index (χ4v) is 1.93. The van der Waals surface area contributed by atoms with Crippen LogP contribution in [0.4, 0.5) is 5.69 Å². The molecule has 6 nitrogen and oxygen atoms in total. The van der Waals surface area contributed by atoms with Gasteiger partial charge >= 0.3 is 5.97 Å². The molecule has 0 amide bonds. The molecule has 2 heterocycles. The summed E-state index contributed by atoms with van der Waals surface area (Å²) in [5.74, 6) is 0.153. The Morgan fingerprint density at radius 2 is 2.15 bits per heavy atom. The van der Waals surface area contributed by atoms with Gasteiger partial charge in [-0.25, -0.2) is 14.3 Å². The van der Waals surface area contributed by atoms with E-state index in [1.165, 1.54) is 7.11 Å². The number of nitrogens with zero attached hydrogens (tertiary/aromatic N) is 3. The second-order valence-corrected chi connectivity index (χ2v) is 4.27. The van der Waals surface area contributed by atoms with Crippen molar-refractivity contribution in [1.82, 2.24) is 14.6 Å². The lowest BCUT2D eigenvalue weighted by Gasteiger charge is -1.97. The number of nitrogens with two attached hydrogens (primary N) is 1. The van der Waals surface area contributed by atoms with Gasteiger partial charge in [-0.05, 0) is 24.3 Å². The molecule has 0 unspecified atom stereocenters. The first-order valence-corrected chi connectivity index (χ1v) is 5.98. The molecule has 2 N–H and O–H groups in total. The highest BCUT2D eigenvalue weighted by Crippen LogP contribution is 2.19. The standard InChI is InChI=1S/C14H12N4O2/c1-20-14(19)10-5-6-18-12(8-10)16-13(17-18)9-3-2-4-11(15)7-9/h2-8H,15H2,1H3. The molecule has 0 atom stereocenters. The smallest absolute Gasteiger partial charge is 0.338 e. The van der Waals surface area contributed by atoms with Crippen LogP contribution in [0.15, 0.2) is 42.6 Å². The maximum atomic E-state index is 11.5. The maximum absolute atomic E-state index is 11.5. The molecule has 0 radical (unpaired) electrons. The number of anilines is 1. The number of ether oxygens (including phenoxy) is 1. The molecule has 0 bridgehead atoms. The van der Waals surface area contributed by atoms with Gasteiger partial charge in [-0.2, -0.15) is 0 Å². The molecule has 1 aromatic carbocycles. The topological polar surface area (TPSA) is 82.5 Å². The summed E-state index contributed by atoms with van der Waals surface area (Å²) in [5.41, 5.74) is 8.24. The summed E-state index contributed by atoms with van der Waals surface area (Å²) in [6.07, 6.45) is 1.67. The Morgan fingerprint density at radius 3 is 2.90 bits per heavy atom. The summed E-state index contributed by atoms with van der Waals surface area (Å²) in [7, 11) is 1.34. The van der Waals surface area contributed by atoms with E-state index < -0.39 is 5.97 Å². The lowest BCUT2D eigenvalue weighted by atomic mass is 10.2. The normalized spacial score (nSPS) is 10.7. The minimum atomic E-state index is -0.402. The SMILES string of the molecule is COC(=O)c1ccn2nc(-c3cccc(N)c3)nc2c1. The number of benzene rings is 1. The molecule has 3 rings (SSSR count). The molecular weight excluding hydrogens is 256 g/mol. The second kappa shape index (κ2) is 4.65. The van der Waals surface area contributed by atoms with Crippen LogP contribution >= 0.6 is 0 Å². The van der Waals surface area contributed by atoms with Crippen LogP contribution in [0.25, 0.3) is 17.0 Å². The Labute approximate surface area is 114 Å². The number of esters is 1. The minimum Gasteiger partial charge on any atom is -0.465 e. The monoisotopic (exact) mass is 268 g/mol. The predicted molar refractivity (Wildman–Crippen MR) is 74.2 cm³/mol. The molecule has 0 saturated carbocycles. The Balaban J connectivity index is 2.09. The van der Waals surface area contributed by atoms with Crippen molar-refractivity contribution >= 4 is 17.3 Å². The molecule has 0 spiro atoms. The van der Waals surface area contributed by atoms with Crippen LogP contribution < -0.4 is 5.73 Å². The number of rotatable bonds is 2. The third-order valence-corrected chi connectivity index (χ3v) is 2.90. The van der Waals surface area contributed by atoms with Gasteiger partial charge < -0.3 is 10.5 Å². The zero-order valence-corrected chi connectivity index (χ0v) is 10.8. The first-order chi connectivity index (χ1) is 9.67. The van der Waals surface area contributed by atoms with Crippen molar-refractivity contribution in [2.45, 2.75) is 0 Å². The van der Waals surface area contributed by atoms with Crippen molar-refractivity contribution in [2.75, 3.05) is 12.8 Å². The minimum absolute atomic E-state index is 0.402. The van der Waals surface area contributed by atoms with Crippen LogP contribution in [0.3, 0.4) is 0 Å². The van der Waals surface area contributed by atoms with E-state index in [0.29, 0.717) is 22.7 Å². The van der Waals surface area contributed by atoms with E-state index in [0.717, 1.165) is 5.56 Å². The molecule has 0 saturated heterocycles. The van der Waals surface area contributed by atoms with Crippen molar-refractivity contribution in [3.8, 4) is 11.4 Å². The van der Waals surface area contributed by atoms with E-state index in [-0.39, 0.29) is 0 Å². The molecule has 6 heteroatoms. The van der Waals surface area contributed by atoms with Crippen LogP contribution in [0.2, 0.25) is 0 Å². The van der Waals surface area contributed by atoms with Gasteiger partial charge in [0.15, 0.2) is 11.5 Å². The average molecular weight is 268 g/mol. The van der Waals surface area contributed by atoms with Crippen LogP contribution in [0, 0.1) is 0 Å². The lowest BCUT2D eigenvalue weighted by molar-refractivity contribution is 0.0600. The predicted octanol–water partition coefficient (Wildman–Crippen LogP) is 1.77. The quantitative estimate of drug-likeness (QED) is 0.565. The van der Waals surface area contributed by atoms with Crippen molar-refractivity contribution in [3.63, 3.8) is 0 Å². The number of aromatic nitrogens is 3. The summed E-state index contributed by atoms with van der Waals surface area (Å²) in [6.45, 7) is 0. The van der Waals surface area contributed by atoms with E-state index in [1.807, 2.05) is 12.1 Å². The first kappa shape index (κ1) is 12.2. The zero-order valence-electron chi connectivity index (χ0n) is 10.8. The van der Waals surface area contributed by atoms with Crippen molar-refractivity contribution < 1.29 is 9.53 Å². The summed E-state index contributed by atoms with van der Waals surface area (Å²) in [6, 6.07) is 10.6. The first-order valence-electron chi connectivity index (χ1n) is 5.98. The third-order valence-electron chi connectivity index (χ3n) is 2.90. The number of hydrogen-bond acceptors (Lipinski definition) is 5. The third kappa shape index (κ3) is 2.07. The Kier molecular flexibility index (Phi) is 2.83. The summed E-state index contributed by atoms with van der Waals surface area (Å²) >= 11 is 0. The van der Waals surface area contributed by atoms with Crippen molar-refractivity contribution in [3.05, 3.63) is 48.2 Å². The van der Waals surface area contributed by atoms with Crippen LogP contribution in [0.1, 0.15) is 10.4 Å². The molecule has 2 aromatic heterocycles. The number of pyridine rings is 1. The molecule has 0 aliphatic carbocycles. The van der Waals surface area contributed by atoms with Crippen LogP contribution in [-0.2, 0) is 4.74 Å². The van der Waals surface area contributed by atoms with Gasteiger partial charge in [-0.15, -0.1) is 5.10 Å². The Morgan fingerprint density at radius 1 is 1.30 bits per heavy atom. The van der Waals surface area contributed by atoms with Gasteiger partial charge in [-0.1, -0.05) is 12.1 Å². The van der Waals surface area contributed by atoms with Gasteiger partial charge in [-0.3, -0.25) is 0 Å². The fraction of sp³-hybridized carbons (Fsp3) is 0.0714. The number of methoxy groups -OCH3 is 1. The van der Waals surface area contributed by atoms with Gasteiger partial charge in [0.05, 0.1) is 12.7 Å². The molecule has 3 aromatic rings. The molecule has 20 heavy (non-hydrogen) atoms. The molecule has 0 aliphatic rings.